The van der Waals surface area contributed by atoms with Crippen LogP contribution in [0.25, 0.3) is 0 Å². The van der Waals surface area contributed by atoms with E-state index in [1.165, 1.54) is 0 Å². The van der Waals surface area contributed by atoms with Crippen LogP contribution in [0.2, 0.25) is 0 Å². The van der Waals surface area contributed by atoms with Gasteiger partial charge in [0, 0.05) is 22.1 Å². The standard InChI is InChI=1S/C9H10BrNO.ClH/c1-2-9(12)7-5-6(10)3-4-8(7)11;/h3-5H,2,11H2,1H3;1H. The predicted octanol–water partition coefficient (Wildman–Crippen LogP) is 3.05. The lowest BCUT2D eigenvalue weighted by Gasteiger charge is -2.02. The van der Waals surface area contributed by atoms with Crippen molar-refractivity contribution in [1.82, 2.24) is 0 Å². The number of hydrogen-bond donors (Lipinski definition) is 1. The van der Waals surface area contributed by atoms with E-state index in [1.54, 1.807) is 12.1 Å². The molecule has 0 amide bonds. The van der Waals surface area contributed by atoms with E-state index in [2.05, 4.69) is 15.9 Å². The average Bonchev–Trinajstić information content (AvgIpc) is 2.08. The minimum Gasteiger partial charge on any atom is -0.398 e. The first-order valence-corrected chi connectivity index (χ1v) is 4.52. The van der Waals surface area contributed by atoms with E-state index in [0.29, 0.717) is 17.7 Å². The van der Waals surface area contributed by atoms with Gasteiger partial charge in [0.05, 0.1) is 0 Å². The summed E-state index contributed by atoms with van der Waals surface area (Å²) in [7, 11) is 0. The van der Waals surface area contributed by atoms with Crippen molar-refractivity contribution < 1.29 is 4.79 Å². The number of nitrogens with two attached hydrogens (primary N) is 1. The van der Waals surface area contributed by atoms with Crippen molar-refractivity contribution in [2.24, 2.45) is 0 Å². The van der Waals surface area contributed by atoms with E-state index >= 15 is 0 Å². The Morgan fingerprint density at radius 3 is 2.69 bits per heavy atom. The number of halogens is 2. The van der Waals surface area contributed by atoms with Crippen LogP contribution in [-0.2, 0) is 0 Å². The van der Waals surface area contributed by atoms with Crippen molar-refractivity contribution in [3.05, 3.63) is 28.2 Å². The van der Waals surface area contributed by atoms with Crippen molar-refractivity contribution >= 4 is 39.8 Å². The number of rotatable bonds is 2. The van der Waals surface area contributed by atoms with E-state index in [1.807, 2.05) is 13.0 Å². The Hall–Kier alpha value is -0.540. The van der Waals surface area contributed by atoms with Crippen LogP contribution in [0.5, 0.6) is 0 Å². The molecule has 1 rings (SSSR count). The van der Waals surface area contributed by atoms with Gasteiger partial charge in [0.1, 0.15) is 0 Å². The maximum Gasteiger partial charge on any atom is 0.164 e. The second kappa shape index (κ2) is 5.25. The molecule has 2 N–H and O–H groups in total. The van der Waals surface area contributed by atoms with Crippen LogP contribution in [0.15, 0.2) is 22.7 Å². The van der Waals surface area contributed by atoms with Gasteiger partial charge < -0.3 is 5.73 Å². The maximum atomic E-state index is 11.3. The number of nitrogen functional groups attached to an aromatic ring is 1. The van der Waals surface area contributed by atoms with Gasteiger partial charge in [0.15, 0.2) is 5.78 Å². The van der Waals surface area contributed by atoms with Crippen LogP contribution >= 0.6 is 28.3 Å². The lowest BCUT2D eigenvalue weighted by molar-refractivity contribution is 0.0989. The Balaban J connectivity index is 0.00000144. The van der Waals surface area contributed by atoms with Crippen molar-refractivity contribution in [3.8, 4) is 0 Å². The summed E-state index contributed by atoms with van der Waals surface area (Å²) >= 11 is 3.29. The van der Waals surface area contributed by atoms with Gasteiger partial charge in [0.25, 0.3) is 0 Å². The molecular formula is C9H11BrClNO. The Labute approximate surface area is 92.0 Å². The summed E-state index contributed by atoms with van der Waals surface area (Å²) in [6.07, 6.45) is 0.487. The summed E-state index contributed by atoms with van der Waals surface area (Å²) in [5.41, 5.74) is 6.77. The van der Waals surface area contributed by atoms with Crippen LogP contribution in [0.3, 0.4) is 0 Å². The number of carbonyl (C=O) groups is 1. The normalized spacial score (nSPS) is 9.08. The number of hydrogen-bond acceptors (Lipinski definition) is 2. The number of ketones is 1. The first-order valence-electron chi connectivity index (χ1n) is 3.73. The molecule has 0 atom stereocenters. The third-order valence-corrected chi connectivity index (χ3v) is 2.13. The van der Waals surface area contributed by atoms with Crippen molar-refractivity contribution in [2.75, 3.05) is 5.73 Å². The van der Waals surface area contributed by atoms with Crippen molar-refractivity contribution in [3.63, 3.8) is 0 Å². The third-order valence-electron chi connectivity index (χ3n) is 1.64. The number of Topliss-reactive ketones (excluding diaryl/α,β-unsaturated/α-hetero) is 1. The first-order chi connectivity index (χ1) is 5.65. The summed E-state index contributed by atoms with van der Waals surface area (Å²) in [4.78, 5) is 11.3. The fourth-order valence-electron chi connectivity index (χ4n) is 0.960. The van der Waals surface area contributed by atoms with Gasteiger partial charge in [-0.15, -0.1) is 12.4 Å². The highest BCUT2D eigenvalue weighted by molar-refractivity contribution is 9.10. The number of anilines is 1. The fourth-order valence-corrected chi connectivity index (χ4v) is 1.32. The van der Waals surface area contributed by atoms with E-state index in [4.69, 9.17) is 5.73 Å². The van der Waals surface area contributed by atoms with Gasteiger partial charge in [0.2, 0.25) is 0 Å². The minimum atomic E-state index is 0. The van der Waals surface area contributed by atoms with Gasteiger partial charge in [-0.2, -0.15) is 0 Å². The fraction of sp³-hybridized carbons (Fsp3) is 0.222. The molecule has 72 valence electrons. The average molecular weight is 265 g/mol. The van der Waals surface area contributed by atoms with E-state index in [0.717, 1.165) is 4.47 Å². The molecule has 0 aliphatic carbocycles. The zero-order valence-electron chi connectivity index (χ0n) is 7.21. The second-order valence-electron chi connectivity index (χ2n) is 2.51. The Bertz CT molecular complexity index is 314. The van der Waals surface area contributed by atoms with Gasteiger partial charge >= 0.3 is 0 Å². The highest BCUT2D eigenvalue weighted by Crippen LogP contribution is 2.19. The zero-order chi connectivity index (χ0) is 9.14. The van der Waals surface area contributed by atoms with Crippen LogP contribution in [0, 0.1) is 0 Å². The molecule has 0 aliphatic heterocycles. The molecule has 0 unspecified atom stereocenters. The molecule has 1 aromatic carbocycles. The highest BCUT2D eigenvalue weighted by Gasteiger charge is 2.06. The maximum absolute atomic E-state index is 11.3. The van der Waals surface area contributed by atoms with Crippen LogP contribution < -0.4 is 5.73 Å². The highest BCUT2D eigenvalue weighted by atomic mass is 79.9. The smallest absolute Gasteiger partial charge is 0.164 e. The zero-order valence-corrected chi connectivity index (χ0v) is 9.61. The topological polar surface area (TPSA) is 43.1 Å². The molecule has 0 aliphatic rings. The predicted molar refractivity (Wildman–Crippen MR) is 60.4 cm³/mol. The van der Waals surface area contributed by atoms with Gasteiger partial charge in [-0.1, -0.05) is 22.9 Å². The Morgan fingerprint density at radius 1 is 1.54 bits per heavy atom. The lowest BCUT2D eigenvalue weighted by Crippen LogP contribution is -2.01. The van der Waals surface area contributed by atoms with Gasteiger partial charge in [-0.05, 0) is 18.2 Å². The summed E-state index contributed by atoms with van der Waals surface area (Å²) in [6.45, 7) is 1.82. The molecule has 0 radical (unpaired) electrons. The molecule has 0 saturated heterocycles. The van der Waals surface area contributed by atoms with Gasteiger partial charge in [-0.25, -0.2) is 0 Å². The van der Waals surface area contributed by atoms with Crippen molar-refractivity contribution in [2.45, 2.75) is 13.3 Å². The Kier molecular flexibility index (Phi) is 5.03. The summed E-state index contributed by atoms with van der Waals surface area (Å²) in [6, 6.07) is 5.30. The lowest BCUT2D eigenvalue weighted by atomic mass is 10.1. The summed E-state index contributed by atoms with van der Waals surface area (Å²) in [5, 5.41) is 0. The molecule has 0 heterocycles. The van der Waals surface area contributed by atoms with Crippen molar-refractivity contribution in [1.29, 1.82) is 0 Å². The molecule has 1 aromatic rings. The molecule has 4 heteroatoms. The monoisotopic (exact) mass is 263 g/mol. The third kappa shape index (κ3) is 3.01. The quantitative estimate of drug-likeness (QED) is 0.659. The molecule has 13 heavy (non-hydrogen) atoms. The van der Waals surface area contributed by atoms with E-state index in [-0.39, 0.29) is 18.2 Å². The molecular weight excluding hydrogens is 253 g/mol. The Morgan fingerprint density at radius 2 is 2.15 bits per heavy atom. The minimum absolute atomic E-state index is 0. The molecule has 2 nitrogen and oxygen atoms in total. The van der Waals surface area contributed by atoms with Crippen LogP contribution in [-0.4, -0.2) is 5.78 Å². The second-order valence-corrected chi connectivity index (χ2v) is 3.42. The number of benzene rings is 1. The molecule has 0 fully saturated rings. The van der Waals surface area contributed by atoms with Crippen LogP contribution in [0.4, 0.5) is 5.69 Å². The SMILES string of the molecule is CCC(=O)c1cc(Br)ccc1N.Cl. The molecule has 0 aromatic heterocycles. The molecule has 0 bridgehead atoms. The molecule has 0 saturated carbocycles. The van der Waals surface area contributed by atoms with Crippen LogP contribution in [0.1, 0.15) is 23.7 Å². The van der Waals surface area contributed by atoms with E-state index in [9.17, 15) is 4.79 Å². The van der Waals surface area contributed by atoms with Gasteiger partial charge in [-0.3, -0.25) is 4.79 Å². The summed E-state index contributed by atoms with van der Waals surface area (Å²) in [5.74, 6) is 0.0776. The summed E-state index contributed by atoms with van der Waals surface area (Å²) < 4.78 is 0.883. The van der Waals surface area contributed by atoms with E-state index < -0.39 is 0 Å². The number of carbonyl (C=O) groups excluding carboxylic acids is 1. The first kappa shape index (κ1) is 12.5. The largest absolute Gasteiger partial charge is 0.398 e. The molecule has 0 spiro atoms.